The second kappa shape index (κ2) is 9.56. The van der Waals surface area contributed by atoms with Crippen molar-refractivity contribution in [3.05, 3.63) is 27.1 Å². The number of anilines is 1. The summed E-state index contributed by atoms with van der Waals surface area (Å²) in [6.07, 6.45) is 0.545. The zero-order valence-corrected chi connectivity index (χ0v) is 17.2. The molecule has 0 saturated carbocycles. The van der Waals surface area contributed by atoms with E-state index in [9.17, 15) is 14.4 Å². The summed E-state index contributed by atoms with van der Waals surface area (Å²) in [5.74, 6) is -1.49. The van der Waals surface area contributed by atoms with E-state index in [-0.39, 0.29) is 17.4 Å². The Labute approximate surface area is 165 Å². The zero-order valence-electron chi connectivity index (χ0n) is 15.5. The molecule has 0 aliphatic carbocycles. The van der Waals surface area contributed by atoms with Crippen molar-refractivity contribution >= 4 is 45.7 Å². The van der Waals surface area contributed by atoms with Gasteiger partial charge in [-0.1, -0.05) is 25.3 Å². The fraction of sp³-hybridized carbons (Fsp3) is 0.471. The quantitative estimate of drug-likeness (QED) is 0.664. The van der Waals surface area contributed by atoms with Crippen molar-refractivity contribution in [2.45, 2.75) is 40.0 Å². The number of thiophene rings is 1. The van der Waals surface area contributed by atoms with Crippen molar-refractivity contribution in [1.82, 2.24) is 9.59 Å². The predicted octanol–water partition coefficient (Wildman–Crippen LogP) is 3.26. The number of nitrogens with zero attached hydrogens (tertiary/aromatic N) is 2. The first kappa shape index (κ1) is 21.0. The Morgan fingerprint density at radius 2 is 1.93 bits per heavy atom. The Morgan fingerprint density at radius 3 is 2.56 bits per heavy atom. The Bertz CT molecular complexity index is 828. The van der Waals surface area contributed by atoms with Crippen molar-refractivity contribution in [3.63, 3.8) is 0 Å². The van der Waals surface area contributed by atoms with Crippen LogP contribution < -0.4 is 5.32 Å². The maximum atomic E-state index is 12.2. The molecule has 0 aromatic carbocycles. The highest BCUT2D eigenvalue weighted by Gasteiger charge is 2.22. The van der Waals surface area contributed by atoms with Crippen LogP contribution >= 0.6 is 22.9 Å². The molecule has 2 rings (SSSR count). The smallest absolute Gasteiger partial charge is 0.352 e. The first-order valence-corrected chi connectivity index (χ1v) is 10.0. The van der Waals surface area contributed by atoms with Gasteiger partial charge in [-0.3, -0.25) is 4.79 Å². The molecule has 1 amide bonds. The molecule has 146 valence electrons. The van der Waals surface area contributed by atoms with Gasteiger partial charge < -0.3 is 14.8 Å². The van der Waals surface area contributed by atoms with Gasteiger partial charge in [0.25, 0.3) is 5.91 Å². The van der Waals surface area contributed by atoms with Gasteiger partial charge in [-0.05, 0) is 36.9 Å². The molecule has 10 heteroatoms. The Kier molecular flexibility index (Phi) is 7.43. The topological polar surface area (TPSA) is 107 Å². The maximum absolute atomic E-state index is 12.2. The third kappa shape index (κ3) is 5.33. The van der Waals surface area contributed by atoms with Gasteiger partial charge in [0.05, 0.1) is 17.9 Å². The molecule has 0 aliphatic heterocycles. The third-order valence-electron chi connectivity index (χ3n) is 3.48. The summed E-state index contributed by atoms with van der Waals surface area (Å²) >= 11 is 2.23. The number of carbonyl (C=O) groups is 3. The largest absolute Gasteiger partial charge is 0.462 e. The van der Waals surface area contributed by atoms with Crippen LogP contribution in [0, 0.1) is 0 Å². The minimum absolute atomic E-state index is 0.193. The monoisotopic (exact) mass is 411 g/mol. The maximum Gasteiger partial charge on any atom is 0.352 e. The molecular formula is C17H21N3O5S2. The molecule has 27 heavy (non-hydrogen) atoms. The molecule has 0 saturated heterocycles. The Morgan fingerprint density at radius 1 is 1.19 bits per heavy atom. The van der Waals surface area contributed by atoms with E-state index >= 15 is 0 Å². The van der Waals surface area contributed by atoms with Crippen molar-refractivity contribution in [2.75, 3.05) is 18.5 Å². The summed E-state index contributed by atoms with van der Waals surface area (Å²) in [4.78, 5) is 37.6. The highest BCUT2D eigenvalue weighted by atomic mass is 32.1. The second-order valence-electron chi connectivity index (χ2n) is 5.79. The van der Waals surface area contributed by atoms with Crippen molar-refractivity contribution < 1.29 is 23.9 Å². The second-order valence-corrected chi connectivity index (χ2v) is 7.63. The normalized spacial score (nSPS) is 10.7. The molecule has 0 atom stereocenters. The predicted molar refractivity (Wildman–Crippen MR) is 103 cm³/mol. The lowest BCUT2D eigenvalue weighted by Crippen LogP contribution is -2.21. The number of hydrogen-bond donors (Lipinski definition) is 1. The van der Waals surface area contributed by atoms with Crippen molar-refractivity contribution in [3.8, 4) is 0 Å². The fourth-order valence-corrected chi connectivity index (χ4v) is 3.81. The minimum atomic E-state index is -0.642. The van der Waals surface area contributed by atoms with Crippen molar-refractivity contribution in [1.29, 1.82) is 0 Å². The lowest BCUT2D eigenvalue weighted by Gasteiger charge is -2.07. The van der Waals surface area contributed by atoms with E-state index in [2.05, 4.69) is 14.9 Å². The third-order valence-corrected chi connectivity index (χ3v) is 5.58. The van der Waals surface area contributed by atoms with Gasteiger partial charge in [-0.2, -0.15) is 0 Å². The van der Waals surface area contributed by atoms with Crippen LogP contribution in [-0.2, 0) is 20.7 Å². The molecule has 0 aliphatic rings. The Balaban J connectivity index is 2.04. The van der Waals surface area contributed by atoms with E-state index in [1.165, 1.54) is 11.3 Å². The average molecular weight is 412 g/mol. The van der Waals surface area contributed by atoms with Gasteiger partial charge in [0.1, 0.15) is 5.00 Å². The molecule has 0 radical (unpaired) electrons. The van der Waals surface area contributed by atoms with Gasteiger partial charge in [-0.25, -0.2) is 9.59 Å². The first-order valence-electron chi connectivity index (χ1n) is 8.46. The van der Waals surface area contributed by atoms with Crippen LogP contribution in [0.3, 0.4) is 0 Å². The van der Waals surface area contributed by atoms with E-state index in [0.29, 0.717) is 22.7 Å². The highest BCUT2D eigenvalue weighted by molar-refractivity contribution is 7.16. The molecule has 0 spiro atoms. The van der Waals surface area contributed by atoms with Crippen LogP contribution in [0.2, 0.25) is 0 Å². The summed E-state index contributed by atoms with van der Waals surface area (Å²) in [5.41, 5.74) is 0.833. The van der Waals surface area contributed by atoms with Crippen LogP contribution in [0.15, 0.2) is 6.07 Å². The van der Waals surface area contributed by atoms with E-state index < -0.39 is 24.5 Å². The molecule has 0 bridgehead atoms. The average Bonchev–Trinajstić information content (AvgIpc) is 3.26. The van der Waals surface area contributed by atoms with Gasteiger partial charge in [-0.15, -0.1) is 16.4 Å². The van der Waals surface area contributed by atoms with E-state index in [1.807, 2.05) is 20.8 Å². The number of carbonyl (C=O) groups excluding carboxylic acids is 3. The van der Waals surface area contributed by atoms with Crippen LogP contribution in [0.25, 0.3) is 0 Å². The number of amides is 1. The van der Waals surface area contributed by atoms with Gasteiger partial charge in [0.2, 0.25) is 0 Å². The van der Waals surface area contributed by atoms with Gasteiger partial charge >= 0.3 is 11.9 Å². The standard InChI is InChI=1S/C17H21N3O5S2/c1-5-11-14(27-20-19-11)17(23)25-8-13(21)18-15-10(16(22)24-6-2)7-12(26-15)9(3)4/h7,9H,5-6,8H2,1-4H3,(H,18,21). The van der Waals surface area contributed by atoms with Crippen LogP contribution in [0.4, 0.5) is 5.00 Å². The minimum Gasteiger partial charge on any atom is -0.462 e. The number of rotatable bonds is 8. The molecule has 2 aromatic rings. The molecule has 2 aromatic heterocycles. The molecule has 8 nitrogen and oxygen atoms in total. The zero-order chi connectivity index (χ0) is 20.0. The molecule has 1 N–H and O–H groups in total. The molecular weight excluding hydrogens is 390 g/mol. The molecule has 0 unspecified atom stereocenters. The number of nitrogens with one attached hydrogen (secondary N) is 1. The summed E-state index contributed by atoms with van der Waals surface area (Å²) in [7, 11) is 0. The van der Waals surface area contributed by atoms with E-state index in [1.54, 1.807) is 13.0 Å². The van der Waals surface area contributed by atoms with E-state index in [0.717, 1.165) is 16.4 Å². The Hall–Kier alpha value is -2.33. The number of aromatic nitrogens is 2. The van der Waals surface area contributed by atoms with Gasteiger partial charge in [0, 0.05) is 4.88 Å². The first-order chi connectivity index (χ1) is 12.9. The fourth-order valence-electron chi connectivity index (χ4n) is 2.10. The number of ether oxygens (including phenoxy) is 2. The summed E-state index contributed by atoms with van der Waals surface area (Å²) in [5, 5.41) is 6.85. The highest BCUT2D eigenvalue weighted by Crippen LogP contribution is 2.33. The van der Waals surface area contributed by atoms with Crippen LogP contribution in [0.5, 0.6) is 0 Å². The van der Waals surface area contributed by atoms with E-state index in [4.69, 9.17) is 9.47 Å². The lowest BCUT2D eigenvalue weighted by atomic mass is 10.1. The lowest BCUT2D eigenvalue weighted by molar-refractivity contribution is -0.119. The van der Waals surface area contributed by atoms with Gasteiger partial charge in [0.15, 0.2) is 11.5 Å². The summed E-state index contributed by atoms with van der Waals surface area (Å²) in [6, 6.07) is 1.71. The van der Waals surface area contributed by atoms with Crippen LogP contribution in [-0.4, -0.2) is 40.6 Å². The molecule has 0 fully saturated rings. The summed E-state index contributed by atoms with van der Waals surface area (Å²) in [6.45, 7) is 7.30. The number of hydrogen-bond acceptors (Lipinski definition) is 9. The van der Waals surface area contributed by atoms with Crippen LogP contribution in [0.1, 0.15) is 64.2 Å². The SMILES string of the molecule is CCOC(=O)c1cc(C(C)C)sc1NC(=O)COC(=O)c1snnc1CC. The number of esters is 2. The molecule has 2 heterocycles. The number of aryl methyl sites for hydroxylation is 1. The van der Waals surface area contributed by atoms with Crippen molar-refractivity contribution in [2.24, 2.45) is 0 Å². The summed E-state index contributed by atoms with van der Waals surface area (Å²) < 4.78 is 13.8.